The Morgan fingerprint density at radius 2 is 2.00 bits per heavy atom. The standard InChI is InChI=1S/C10H11N3/c1-9-11-7-8-13(9)12-10-5-3-2-4-6-10/h2-8,12H,1H3. The number of anilines is 1. The van der Waals surface area contributed by atoms with Gasteiger partial charge in [0.15, 0.2) is 0 Å². The van der Waals surface area contributed by atoms with Crippen LogP contribution in [0.3, 0.4) is 0 Å². The summed E-state index contributed by atoms with van der Waals surface area (Å²) in [7, 11) is 0. The average molecular weight is 173 g/mol. The summed E-state index contributed by atoms with van der Waals surface area (Å²) in [5.74, 6) is 0.948. The summed E-state index contributed by atoms with van der Waals surface area (Å²) in [6.07, 6.45) is 3.66. The number of rotatable bonds is 2. The van der Waals surface area contributed by atoms with Gasteiger partial charge in [-0.2, -0.15) is 0 Å². The van der Waals surface area contributed by atoms with E-state index in [0.717, 1.165) is 11.5 Å². The van der Waals surface area contributed by atoms with Crippen LogP contribution in [0, 0.1) is 6.92 Å². The van der Waals surface area contributed by atoms with E-state index in [-0.39, 0.29) is 0 Å². The van der Waals surface area contributed by atoms with E-state index in [1.54, 1.807) is 6.20 Å². The molecule has 0 atom stereocenters. The minimum absolute atomic E-state index is 0.948. The fourth-order valence-electron chi connectivity index (χ4n) is 1.15. The molecule has 2 aromatic rings. The summed E-state index contributed by atoms with van der Waals surface area (Å²) in [6, 6.07) is 10.0. The molecule has 0 spiro atoms. The Morgan fingerprint density at radius 3 is 2.62 bits per heavy atom. The third kappa shape index (κ3) is 1.69. The number of nitrogens with zero attached hydrogens (tertiary/aromatic N) is 2. The Kier molecular flexibility index (Phi) is 2.00. The van der Waals surface area contributed by atoms with Crippen LogP contribution >= 0.6 is 0 Å². The normalized spacial score (nSPS) is 9.92. The Labute approximate surface area is 77.0 Å². The van der Waals surface area contributed by atoms with Crippen LogP contribution in [0.2, 0.25) is 0 Å². The molecular formula is C10H11N3. The number of hydrogen-bond acceptors (Lipinski definition) is 2. The van der Waals surface area contributed by atoms with Crippen LogP contribution in [0.5, 0.6) is 0 Å². The Morgan fingerprint density at radius 1 is 1.23 bits per heavy atom. The van der Waals surface area contributed by atoms with E-state index in [2.05, 4.69) is 10.4 Å². The highest BCUT2D eigenvalue weighted by molar-refractivity contribution is 5.42. The first-order chi connectivity index (χ1) is 6.36. The molecule has 0 saturated heterocycles. The van der Waals surface area contributed by atoms with Gasteiger partial charge < -0.3 is 0 Å². The molecule has 0 bridgehead atoms. The van der Waals surface area contributed by atoms with Gasteiger partial charge in [0.2, 0.25) is 0 Å². The summed E-state index contributed by atoms with van der Waals surface area (Å²) < 4.78 is 1.88. The zero-order chi connectivity index (χ0) is 9.10. The smallest absolute Gasteiger partial charge is 0.124 e. The molecule has 1 N–H and O–H groups in total. The highest BCUT2D eigenvalue weighted by Gasteiger charge is 1.94. The van der Waals surface area contributed by atoms with E-state index in [1.807, 2.05) is 48.1 Å². The lowest BCUT2D eigenvalue weighted by Crippen LogP contribution is -2.09. The zero-order valence-corrected chi connectivity index (χ0v) is 7.44. The number of aromatic nitrogens is 2. The molecule has 3 nitrogen and oxygen atoms in total. The highest BCUT2D eigenvalue weighted by Crippen LogP contribution is 2.06. The zero-order valence-electron chi connectivity index (χ0n) is 7.44. The van der Waals surface area contributed by atoms with Gasteiger partial charge in [0.25, 0.3) is 0 Å². The second-order valence-corrected chi connectivity index (χ2v) is 2.82. The van der Waals surface area contributed by atoms with E-state index in [4.69, 9.17) is 0 Å². The molecule has 0 unspecified atom stereocenters. The predicted molar refractivity (Wildman–Crippen MR) is 52.4 cm³/mol. The van der Waals surface area contributed by atoms with Crippen molar-refractivity contribution in [3.8, 4) is 0 Å². The van der Waals surface area contributed by atoms with E-state index in [1.165, 1.54) is 0 Å². The lowest BCUT2D eigenvalue weighted by Gasteiger charge is -2.07. The van der Waals surface area contributed by atoms with E-state index in [9.17, 15) is 0 Å². The summed E-state index contributed by atoms with van der Waals surface area (Å²) in [4.78, 5) is 4.11. The van der Waals surface area contributed by atoms with E-state index in [0.29, 0.717) is 0 Å². The number of nitrogens with one attached hydrogen (secondary N) is 1. The van der Waals surface area contributed by atoms with Gasteiger partial charge >= 0.3 is 0 Å². The lowest BCUT2D eigenvalue weighted by atomic mass is 10.3. The van der Waals surface area contributed by atoms with Crippen molar-refractivity contribution in [1.29, 1.82) is 0 Å². The molecule has 66 valence electrons. The number of benzene rings is 1. The summed E-state index contributed by atoms with van der Waals surface area (Å²) >= 11 is 0. The monoisotopic (exact) mass is 173 g/mol. The van der Waals surface area contributed by atoms with Crippen LogP contribution in [0.15, 0.2) is 42.7 Å². The molecular weight excluding hydrogens is 162 g/mol. The number of imidazole rings is 1. The first kappa shape index (κ1) is 7.86. The average Bonchev–Trinajstić information content (AvgIpc) is 2.54. The number of hydrogen-bond donors (Lipinski definition) is 1. The minimum Gasteiger partial charge on any atom is -0.293 e. The van der Waals surface area contributed by atoms with Gasteiger partial charge in [0.05, 0.1) is 5.69 Å². The van der Waals surface area contributed by atoms with Crippen molar-refractivity contribution in [2.75, 3.05) is 5.43 Å². The van der Waals surface area contributed by atoms with Crippen molar-refractivity contribution in [2.45, 2.75) is 6.92 Å². The molecule has 0 saturated carbocycles. The van der Waals surface area contributed by atoms with Gasteiger partial charge in [0, 0.05) is 12.4 Å². The van der Waals surface area contributed by atoms with Crippen LogP contribution < -0.4 is 5.43 Å². The molecule has 0 amide bonds. The summed E-state index contributed by atoms with van der Waals surface area (Å²) in [5, 5.41) is 0. The van der Waals surface area contributed by atoms with Gasteiger partial charge in [-0.25, -0.2) is 9.66 Å². The van der Waals surface area contributed by atoms with Crippen LogP contribution in [-0.4, -0.2) is 9.66 Å². The van der Waals surface area contributed by atoms with Crippen LogP contribution in [0.25, 0.3) is 0 Å². The maximum atomic E-state index is 4.11. The Bertz CT molecular complexity index is 378. The largest absolute Gasteiger partial charge is 0.293 e. The fourth-order valence-corrected chi connectivity index (χ4v) is 1.15. The van der Waals surface area contributed by atoms with Crippen molar-refractivity contribution >= 4 is 5.69 Å². The van der Waals surface area contributed by atoms with Crippen molar-refractivity contribution in [3.63, 3.8) is 0 Å². The van der Waals surface area contributed by atoms with Gasteiger partial charge in [-0.15, -0.1) is 0 Å². The molecule has 0 aliphatic rings. The molecule has 0 aliphatic heterocycles. The SMILES string of the molecule is Cc1nccn1Nc1ccccc1. The second-order valence-electron chi connectivity index (χ2n) is 2.82. The van der Waals surface area contributed by atoms with Crippen LogP contribution in [-0.2, 0) is 0 Å². The Hall–Kier alpha value is -1.77. The third-order valence-corrected chi connectivity index (χ3v) is 1.85. The van der Waals surface area contributed by atoms with Gasteiger partial charge in [-0.3, -0.25) is 5.43 Å². The first-order valence-electron chi connectivity index (χ1n) is 4.18. The topological polar surface area (TPSA) is 29.9 Å². The van der Waals surface area contributed by atoms with Gasteiger partial charge in [-0.05, 0) is 19.1 Å². The van der Waals surface area contributed by atoms with E-state index >= 15 is 0 Å². The molecule has 3 heteroatoms. The minimum atomic E-state index is 0.948. The van der Waals surface area contributed by atoms with Crippen molar-refractivity contribution in [1.82, 2.24) is 9.66 Å². The molecule has 0 radical (unpaired) electrons. The van der Waals surface area contributed by atoms with Gasteiger partial charge in [0.1, 0.15) is 5.82 Å². The maximum Gasteiger partial charge on any atom is 0.124 e. The molecule has 13 heavy (non-hydrogen) atoms. The lowest BCUT2D eigenvalue weighted by molar-refractivity contribution is 0.894. The van der Waals surface area contributed by atoms with Crippen molar-refractivity contribution in [2.24, 2.45) is 0 Å². The number of para-hydroxylation sites is 1. The summed E-state index contributed by atoms with van der Waals surface area (Å²) in [5.41, 5.74) is 4.27. The first-order valence-corrected chi connectivity index (χ1v) is 4.18. The maximum absolute atomic E-state index is 4.11. The predicted octanol–water partition coefficient (Wildman–Crippen LogP) is 2.07. The highest BCUT2D eigenvalue weighted by atomic mass is 15.4. The molecule has 1 aromatic carbocycles. The molecule has 1 aromatic heterocycles. The fraction of sp³-hybridized carbons (Fsp3) is 0.100. The van der Waals surface area contributed by atoms with Crippen LogP contribution in [0.1, 0.15) is 5.82 Å². The van der Waals surface area contributed by atoms with Crippen molar-refractivity contribution < 1.29 is 0 Å². The Balaban J connectivity index is 2.20. The molecule has 1 heterocycles. The molecule has 0 aliphatic carbocycles. The molecule has 0 fully saturated rings. The van der Waals surface area contributed by atoms with Gasteiger partial charge in [-0.1, -0.05) is 18.2 Å². The quantitative estimate of drug-likeness (QED) is 0.753. The third-order valence-electron chi connectivity index (χ3n) is 1.85. The molecule has 2 rings (SSSR count). The summed E-state index contributed by atoms with van der Waals surface area (Å²) in [6.45, 7) is 1.95. The van der Waals surface area contributed by atoms with Crippen molar-refractivity contribution in [3.05, 3.63) is 48.5 Å². The van der Waals surface area contributed by atoms with Crippen LogP contribution in [0.4, 0.5) is 5.69 Å². The van der Waals surface area contributed by atoms with E-state index < -0.39 is 0 Å². The second kappa shape index (κ2) is 3.31. The number of aryl methyl sites for hydroxylation is 1.